The van der Waals surface area contributed by atoms with E-state index >= 15 is 0 Å². The molecular formula is C23H22N6O2. The van der Waals surface area contributed by atoms with Crippen LogP contribution < -0.4 is 5.32 Å². The van der Waals surface area contributed by atoms with E-state index < -0.39 is 6.10 Å². The lowest BCUT2D eigenvalue weighted by Crippen LogP contribution is -2.47. The van der Waals surface area contributed by atoms with E-state index in [2.05, 4.69) is 30.4 Å². The average molecular weight is 414 g/mol. The van der Waals surface area contributed by atoms with Crippen molar-refractivity contribution in [1.82, 2.24) is 25.1 Å². The summed E-state index contributed by atoms with van der Waals surface area (Å²) in [5, 5.41) is 11.4. The van der Waals surface area contributed by atoms with E-state index in [0.717, 1.165) is 40.8 Å². The number of fused-ring (bicyclic) bond motifs is 1. The minimum Gasteiger partial charge on any atom is -0.366 e. The zero-order valence-electron chi connectivity index (χ0n) is 16.9. The summed E-state index contributed by atoms with van der Waals surface area (Å²) < 4.78 is 5.75. The van der Waals surface area contributed by atoms with Crippen LogP contribution in [0.5, 0.6) is 0 Å². The van der Waals surface area contributed by atoms with Crippen LogP contribution in [0.4, 0.5) is 5.69 Å². The molecule has 1 unspecified atom stereocenters. The third-order valence-electron chi connectivity index (χ3n) is 5.36. The van der Waals surface area contributed by atoms with Crippen molar-refractivity contribution in [2.75, 3.05) is 25.0 Å². The Morgan fingerprint density at radius 2 is 2.06 bits per heavy atom. The fourth-order valence-corrected chi connectivity index (χ4v) is 3.80. The van der Waals surface area contributed by atoms with Gasteiger partial charge in [-0.15, -0.1) is 0 Å². The van der Waals surface area contributed by atoms with Crippen LogP contribution >= 0.6 is 0 Å². The standard InChI is InChI=1S/C23H22N6O2/c30-23(21-15-29(10-11-31-21)14-16-2-1-7-25-13-16)26-18-3-4-20-19(12-18)22(28-27-20)17-5-8-24-9-6-17/h1-9,12-13,21H,10-11,14-15H2,(H,26,30)(H,27,28). The maximum absolute atomic E-state index is 12.9. The molecule has 1 atom stereocenters. The first-order chi connectivity index (χ1) is 15.3. The molecule has 5 rings (SSSR count). The van der Waals surface area contributed by atoms with Crippen molar-refractivity contribution >= 4 is 22.5 Å². The highest BCUT2D eigenvalue weighted by molar-refractivity contribution is 5.99. The van der Waals surface area contributed by atoms with E-state index in [0.29, 0.717) is 18.8 Å². The van der Waals surface area contributed by atoms with Crippen LogP contribution in [0.15, 0.2) is 67.3 Å². The van der Waals surface area contributed by atoms with E-state index in [9.17, 15) is 4.79 Å². The molecule has 2 N–H and O–H groups in total. The molecule has 8 heteroatoms. The van der Waals surface area contributed by atoms with Gasteiger partial charge >= 0.3 is 0 Å². The molecule has 4 aromatic rings. The zero-order chi connectivity index (χ0) is 21.0. The highest BCUT2D eigenvalue weighted by Gasteiger charge is 2.27. The van der Waals surface area contributed by atoms with Gasteiger partial charge in [0.25, 0.3) is 5.91 Å². The number of morpholine rings is 1. The van der Waals surface area contributed by atoms with Crippen molar-refractivity contribution in [2.24, 2.45) is 0 Å². The van der Waals surface area contributed by atoms with Crippen LogP contribution in [0.2, 0.25) is 0 Å². The largest absolute Gasteiger partial charge is 0.366 e. The Morgan fingerprint density at radius 3 is 2.90 bits per heavy atom. The van der Waals surface area contributed by atoms with E-state index in [1.165, 1.54) is 0 Å². The molecule has 1 saturated heterocycles. The number of nitrogens with one attached hydrogen (secondary N) is 2. The minimum absolute atomic E-state index is 0.149. The van der Waals surface area contributed by atoms with Gasteiger partial charge in [-0.25, -0.2) is 0 Å². The van der Waals surface area contributed by atoms with Crippen LogP contribution in [0, 0.1) is 0 Å². The Hall–Kier alpha value is -3.62. The van der Waals surface area contributed by atoms with Gasteiger partial charge in [0.05, 0.1) is 12.1 Å². The summed E-state index contributed by atoms with van der Waals surface area (Å²) in [5.74, 6) is -0.149. The van der Waals surface area contributed by atoms with Crippen molar-refractivity contribution in [3.05, 3.63) is 72.8 Å². The predicted octanol–water partition coefficient (Wildman–Crippen LogP) is 2.86. The number of H-pyrrole nitrogens is 1. The molecule has 156 valence electrons. The molecule has 3 aromatic heterocycles. The lowest BCUT2D eigenvalue weighted by Gasteiger charge is -2.32. The second-order valence-corrected chi connectivity index (χ2v) is 7.51. The molecule has 1 amide bonds. The van der Waals surface area contributed by atoms with Crippen molar-refractivity contribution in [3.63, 3.8) is 0 Å². The number of aromatic nitrogens is 4. The van der Waals surface area contributed by atoms with E-state index in [-0.39, 0.29) is 5.91 Å². The minimum atomic E-state index is -0.523. The van der Waals surface area contributed by atoms with Gasteiger partial charge in [0.2, 0.25) is 0 Å². The first-order valence-electron chi connectivity index (χ1n) is 10.2. The van der Waals surface area contributed by atoms with Crippen molar-refractivity contribution in [3.8, 4) is 11.3 Å². The summed E-state index contributed by atoms with van der Waals surface area (Å²) in [6.45, 7) is 2.59. The zero-order valence-corrected chi connectivity index (χ0v) is 16.9. The van der Waals surface area contributed by atoms with Gasteiger partial charge < -0.3 is 10.1 Å². The third-order valence-corrected chi connectivity index (χ3v) is 5.36. The van der Waals surface area contributed by atoms with Gasteiger partial charge in [-0.05, 0) is 42.0 Å². The SMILES string of the molecule is O=C(Nc1ccc2[nH]nc(-c3ccncc3)c2c1)C1CN(Cc2cccnc2)CCO1. The lowest BCUT2D eigenvalue weighted by molar-refractivity contribution is -0.133. The molecule has 31 heavy (non-hydrogen) atoms. The fourth-order valence-electron chi connectivity index (χ4n) is 3.80. The van der Waals surface area contributed by atoms with E-state index in [1.807, 2.05) is 48.7 Å². The van der Waals surface area contributed by atoms with Gasteiger partial charge in [-0.2, -0.15) is 5.10 Å². The van der Waals surface area contributed by atoms with Crippen LogP contribution in [0.3, 0.4) is 0 Å². The first kappa shape index (κ1) is 19.3. The second kappa shape index (κ2) is 8.63. The van der Waals surface area contributed by atoms with Crippen molar-refractivity contribution in [2.45, 2.75) is 12.6 Å². The number of ether oxygens (including phenoxy) is 1. The Morgan fingerprint density at radius 1 is 1.16 bits per heavy atom. The number of amides is 1. The molecule has 1 aliphatic rings. The number of hydrogen-bond acceptors (Lipinski definition) is 6. The Kier molecular flexibility index (Phi) is 5.39. The smallest absolute Gasteiger partial charge is 0.254 e. The number of benzene rings is 1. The molecule has 0 spiro atoms. The van der Waals surface area contributed by atoms with Gasteiger partial charge in [-0.1, -0.05) is 6.07 Å². The summed E-state index contributed by atoms with van der Waals surface area (Å²) in [5.41, 5.74) is 4.53. The maximum atomic E-state index is 12.9. The topological polar surface area (TPSA) is 96.0 Å². The summed E-state index contributed by atoms with van der Waals surface area (Å²) in [6.07, 6.45) is 6.56. The normalized spacial score (nSPS) is 17.0. The molecule has 1 aliphatic heterocycles. The number of rotatable bonds is 5. The Balaban J connectivity index is 1.29. The average Bonchev–Trinajstić information content (AvgIpc) is 3.24. The first-order valence-corrected chi connectivity index (χ1v) is 10.2. The molecular weight excluding hydrogens is 392 g/mol. The third kappa shape index (κ3) is 4.30. The number of nitrogens with zero attached hydrogens (tertiary/aromatic N) is 4. The molecule has 0 bridgehead atoms. The monoisotopic (exact) mass is 414 g/mol. The second-order valence-electron chi connectivity index (χ2n) is 7.51. The molecule has 1 aromatic carbocycles. The highest BCUT2D eigenvalue weighted by atomic mass is 16.5. The summed E-state index contributed by atoms with van der Waals surface area (Å²) in [6, 6.07) is 13.5. The van der Waals surface area contributed by atoms with Gasteiger partial charge in [0, 0.05) is 61.1 Å². The predicted molar refractivity (Wildman–Crippen MR) is 117 cm³/mol. The van der Waals surface area contributed by atoms with Crippen LogP contribution in [0.1, 0.15) is 5.56 Å². The molecule has 0 saturated carbocycles. The summed E-state index contributed by atoms with van der Waals surface area (Å²) in [7, 11) is 0. The number of aromatic amines is 1. The Bertz CT molecular complexity index is 1180. The number of carbonyl (C=O) groups excluding carboxylic acids is 1. The number of anilines is 1. The van der Waals surface area contributed by atoms with Crippen molar-refractivity contribution < 1.29 is 9.53 Å². The number of carbonyl (C=O) groups is 1. The lowest BCUT2D eigenvalue weighted by atomic mass is 10.1. The van der Waals surface area contributed by atoms with Crippen LogP contribution in [-0.4, -0.2) is 56.8 Å². The van der Waals surface area contributed by atoms with E-state index in [4.69, 9.17) is 4.74 Å². The van der Waals surface area contributed by atoms with Crippen LogP contribution in [-0.2, 0) is 16.1 Å². The quantitative estimate of drug-likeness (QED) is 0.521. The molecule has 0 radical (unpaired) electrons. The summed E-state index contributed by atoms with van der Waals surface area (Å²) >= 11 is 0. The molecule has 8 nitrogen and oxygen atoms in total. The van der Waals surface area contributed by atoms with Gasteiger partial charge in [-0.3, -0.25) is 24.8 Å². The highest BCUT2D eigenvalue weighted by Crippen LogP contribution is 2.28. The molecule has 1 fully saturated rings. The fraction of sp³-hybridized carbons (Fsp3) is 0.217. The van der Waals surface area contributed by atoms with Crippen molar-refractivity contribution in [1.29, 1.82) is 0 Å². The van der Waals surface area contributed by atoms with Gasteiger partial charge in [0.15, 0.2) is 0 Å². The Labute approximate surface area is 179 Å². The summed E-state index contributed by atoms with van der Waals surface area (Å²) in [4.78, 5) is 23.3. The molecule has 0 aliphatic carbocycles. The van der Waals surface area contributed by atoms with Crippen LogP contribution in [0.25, 0.3) is 22.2 Å². The maximum Gasteiger partial charge on any atom is 0.254 e. The number of hydrogen-bond donors (Lipinski definition) is 2. The van der Waals surface area contributed by atoms with E-state index in [1.54, 1.807) is 18.6 Å². The molecule has 4 heterocycles. The number of pyridine rings is 2. The van der Waals surface area contributed by atoms with Gasteiger partial charge in [0.1, 0.15) is 11.8 Å².